The first-order valence-corrected chi connectivity index (χ1v) is 9.96. The SMILES string of the molecule is Cc1ccccc1NC(=O)c1nnc([C@@H]2CCCN(C(=O)c3ccco3)C2)s1. The number of para-hydroxylation sites is 1. The fourth-order valence-corrected chi connectivity index (χ4v) is 4.16. The fraction of sp³-hybridized carbons (Fsp3) is 0.300. The number of nitrogens with one attached hydrogen (secondary N) is 1. The molecule has 8 heteroatoms. The lowest BCUT2D eigenvalue weighted by Gasteiger charge is -2.30. The highest BCUT2D eigenvalue weighted by Crippen LogP contribution is 2.30. The molecule has 1 saturated heterocycles. The van der Waals surface area contributed by atoms with E-state index in [0.717, 1.165) is 29.1 Å². The molecule has 0 aliphatic carbocycles. The van der Waals surface area contributed by atoms with Crippen LogP contribution in [0.2, 0.25) is 0 Å². The van der Waals surface area contributed by atoms with Crippen LogP contribution in [0.5, 0.6) is 0 Å². The average Bonchev–Trinajstić information content (AvgIpc) is 3.41. The van der Waals surface area contributed by atoms with Crippen molar-refractivity contribution < 1.29 is 14.0 Å². The summed E-state index contributed by atoms with van der Waals surface area (Å²) in [5, 5.41) is 12.3. The van der Waals surface area contributed by atoms with Crippen molar-refractivity contribution in [3.05, 3.63) is 64.0 Å². The highest BCUT2D eigenvalue weighted by atomic mass is 32.1. The minimum Gasteiger partial charge on any atom is -0.459 e. The molecule has 0 radical (unpaired) electrons. The van der Waals surface area contributed by atoms with Crippen molar-refractivity contribution in [2.24, 2.45) is 0 Å². The summed E-state index contributed by atoms with van der Waals surface area (Å²) in [6.07, 6.45) is 3.29. The van der Waals surface area contributed by atoms with Crippen molar-refractivity contribution >= 4 is 28.8 Å². The summed E-state index contributed by atoms with van der Waals surface area (Å²) in [7, 11) is 0. The molecule has 0 unspecified atom stereocenters. The van der Waals surface area contributed by atoms with Crippen molar-refractivity contribution in [3.8, 4) is 0 Å². The molecule has 1 aromatic carbocycles. The fourth-order valence-electron chi connectivity index (χ4n) is 3.30. The van der Waals surface area contributed by atoms with Gasteiger partial charge in [-0.1, -0.05) is 29.5 Å². The largest absolute Gasteiger partial charge is 0.459 e. The number of benzene rings is 1. The Labute approximate surface area is 166 Å². The number of aromatic nitrogens is 2. The minimum atomic E-state index is -0.266. The van der Waals surface area contributed by atoms with Crippen molar-refractivity contribution in [2.75, 3.05) is 18.4 Å². The maximum Gasteiger partial charge on any atom is 0.289 e. The van der Waals surface area contributed by atoms with E-state index in [4.69, 9.17) is 4.42 Å². The topological polar surface area (TPSA) is 88.3 Å². The van der Waals surface area contributed by atoms with E-state index >= 15 is 0 Å². The van der Waals surface area contributed by atoms with Gasteiger partial charge in [0.2, 0.25) is 5.01 Å². The Morgan fingerprint density at radius 3 is 2.86 bits per heavy atom. The molecule has 1 fully saturated rings. The summed E-state index contributed by atoms with van der Waals surface area (Å²) in [5.74, 6) is 0.0375. The van der Waals surface area contributed by atoms with Crippen LogP contribution in [0.15, 0.2) is 47.1 Å². The highest BCUT2D eigenvalue weighted by Gasteiger charge is 2.29. The molecule has 2 aromatic heterocycles. The van der Waals surface area contributed by atoms with Gasteiger partial charge in [0.25, 0.3) is 11.8 Å². The van der Waals surface area contributed by atoms with Gasteiger partial charge in [-0.15, -0.1) is 10.2 Å². The third-order valence-electron chi connectivity index (χ3n) is 4.82. The molecule has 1 N–H and O–H groups in total. The van der Waals surface area contributed by atoms with Crippen molar-refractivity contribution in [3.63, 3.8) is 0 Å². The molecule has 28 heavy (non-hydrogen) atoms. The van der Waals surface area contributed by atoms with Crippen LogP contribution in [0.25, 0.3) is 0 Å². The number of hydrogen-bond acceptors (Lipinski definition) is 6. The van der Waals surface area contributed by atoms with Crippen LogP contribution in [0.3, 0.4) is 0 Å². The molecule has 0 saturated carbocycles. The number of anilines is 1. The summed E-state index contributed by atoms with van der Waals surface area (Å²) in [6, 6.07) is 11.0. The predicted octanol–water partition coefficient (Wildman–Crippen LogP) is 3.71. The van der Waals surface area contributed by atoms with Gasteiger partial charge < -0.3 is 14.6 Å². The van der Waals surface area contributed by atoms with Gasteiger partial charge in [-0.25, -0.2) is 0 Å². The Morgan fingerprint density at radius 2 is 2.07 bits per heavy atom. The standard InChI is InChI=1S/C20H20N4O3S/c1-13-6-2-3-8-15(13)21-17(25)19-23-22-18(28-19)14-7-4-10-24(12-14)20(26)16-9-5-11-27-16/h2-3,5-6,8-9,11,14H,4,7,10,12H2,1H3,(H,21,25)/t14-/m1/s1. The van der Waals surface area contributed by atoms with E-state index in [9.17, 15) is 9.59 Å². The number of piperidine rings is 1. The molecule has 1 aliphatic rings. The molecule has 4 rings (SSSR count). The third-order valence-corrected chi connectivity index (χ3v) is 5.90. The Morgan fingerprint density at radius 1 is 1.21 bits per heavy atom. The number of amides is 2. The van der Waals surface area contributed by atoms with E-state index < -0.39 is 0 Å². The number of carbonyl (C=O) groups is 2. The zero-order chi connectivity index (χ0) is 19.5. The molecule has 1 aliphatic heterocycles. The number of likely N-dealkylation sites (tertiary alicyclic amines) is 1. The van der Waals surface area contributed by atoms with Gasteiger partial charge in [-0.05, 0) is 43.5 Å². The quantitative estimate of drug-likeness (QED) is 0.726. The third kappa shape index (κ3) is 3.82. The molecule has 2 amide bonds. The Balaban J connectivity index is 1.44. The number of furan rings is 1. The summed E-state index contributed by atoms with van der Waals surface area (Å²) < 4.78 is 5.22. The molecule has 144 valence electrons. The number of nitrogens with zero attached hydrogens (tertiary/aromatic N) is 3. The van der Waals surface area contributed by atoms with Crippen LogP contribution < -0.4 is 5.32 Å². The van der Waals surface area contributed by atoms with E-state index in [-0.39, 0.29) is 17.7 Å². The van der Waals surface area contributed by atoms with Gasteiger partial charge >= 0.3 is 0 Å². The molecule has 0 bridgehead atoms. The maximum atomic E-state index is 12.5. The molecule has 3 heterocycles. The number of carbonyl (C=O) groups excluding carboxylic acids is 2. The minimum absolute atomic E-state index is 0.0742. The Hall–Kier alpha value is -3.00. The van der Waals surface area contributed by atoms with Crippen LogP contribution in [0.4, 0.5) is 5.69 Å². The molecular weight excluding hydrogens is 376 g/mol. The lowest BCUT2D eigenvalue weighted by Crippen LogP contribution is -2.38. The van der Waals surface area contributed by atoms with Crippen molar-refractivity contribution in [1.82, 2.24) is 15.1 Å². The van der Waals surface area contributed by atoms with Gasteiger partial charge in [0.15, 0.2) is 5.76 Å². The second-order valence-electron chi connectivity index (χ2n) is 6.78. The summed E-state index contributed by atoms with van der Waals surface area (Å²) >= 11 is 1.29. The first-order chi connectivity index (χ1) is 13.6. The van der Waals surface area contributed by atoms with Gasteiger partial charge in [0, 0.05) is 24.7 Å². The van der Waals surface area contributed by atoms with Gasteiger partial charge in [-0.3, -0.25) is 9.59 Å². The van der Waals surface area contributed by atoms with Crippen LogP contribution in [-0.2, 0) is 0 Å². The van der Waals surface area contributed by atoms with Crippen molar-refractivity contribution in [2.45, 2.75) is 25.7 Å². The van der Waals surface area contributed by atoms with Crippen LogP contribution >= 0.6 is 11.3 Å². The normalized spacial score (nSPS) is 16.8. The van der Waals surface area contributed by atoms with E-state index in [1.54, 1.807) is 17.0 Å². The zero-order valence-corrected chi connectivity index (χ0v) is 16.2. The molecule has 3 aromatic rings. The zero-order valence-electron chi connectivity index (χ0n) is 15.4. The van der Waals surface area contributed by atoms with Gasteiger partial charge in [-0.2, -0.15) is 0 Å². The van der Waals surface area contributed by atoms with E-state index in [1.807, 2.05) is 31.2 Å². The van der Waals surface area contributed by atoms with E-state index in [1.165, 1.54) is 17.6 Å². The van der Waals surface area contributed by atoms with Crippen LogP contribution in [0.1, 0.15) is 49.7 Å². The lowest BCUT2D eigenvalue weighted by molar-refractivity contribution is 0.0674. The Bertz CT molecular complexity index is 983. The first-order valence-electron chi connectivity index (χ1n) is 9.15. The van der Waals surface area contributed by atoms with Gasteiger partial charge in [0.1, 0.15) is 5.01 Å². The maximum absolute atomic E-state index is 12.5. The summed E-state index contributed by atoms with van der Waals surface area (Å²) in [4.78, 5) is 26.8. The van der Waals surface area contributed by atoms with Crippen LogP contribution in [0, 0.1) is 6.92 Å². The predicted molar refractivity (Wildman–Crippen MR) is 106 cm³/mol. The van der Waals surface area contributed by atoms with Crippen molar-refractivity contribution in [1.29, 1.82) is 0 Å². The van der Waals surface area contributed by atoms with E-state index in [0.29, 0.717) is 23.9 Å². The average molecular weight is 396 g/mol. The number of hydrogen-bond donors (Lipinski definition) is 1. The molecule has 7 nitrogen and oxygen atoms in total. The summed E-state index contributed by atoms with van der Waals surface area (Å²) in [6.45, 7) is 3.18. The lowest BCUT2D eigenvalue weighted by atomic mass is 9.98. The smallest absolute Gasteiger partial charge is 0.289 e. The van der Waals surface area contributed by atoms with Crippen LogP contribution in [-0.4, -0.2) is 40.0 Å². The van der Waals surface area contributed by atoms with E-state index in [2.05, 4.69) is 15.5 Å². The molecule has 1 atom stereocenters. The highest BCUT2D eigenvalue weighted by molar-refractivity contribution is 7.13. The number of aryl methyl sites for hydroxylation is 1. The van der Waals surface area contributed by atoms with Gasteiger partial charge in [0.05, 0.1) is 6.26 Å². The second-order valence-corrected chi connectivity index (χ2v) is 7.79. The monoisotopic (exact) mass is 396 g/mol. The summed E-state index contributed by atoms with van der Waals surface area (Å²) in [5.41, 5.74) is 1.75. The first kappa shape index (κ1) is 18.4. The molecule has 0 spiro atoms. The molecular formula is C20H20N4O3S. The number of rotatable bonds is 4. The Kier molecular flexibility index (Phi) is 5.21. The second kappa shape index (κ2) is 7.93.